The number of rotatable bonds is 9. The topological polar surface area (TPSA) is 100 Å². The van der Waals surface area contributed by atoms with E-state index in [0.29, 0.717) is 47.1 Å². The number of carbonyl (C=O) groups excluding carboxylic acids is 2. The van der Waals surface area contributed by atoms with E-state index in [2.05, 4.69) is 16.7 Å². The fourth-order valence-corrected chi connectivity index (χ4v) is 5.92. The van der Waals surface area contributed by atoms with E-state index in [0.717, 1.165) is 34.5 Å². The van der Waals surface area contributed by atoms with Crippen molar-refractivity contribution < 1.29 is 19.1 Å². The van der Waals surface area contributed by atoms with E-state index in [4.69, 9.17) is 9.47 Å². The number of allylic oxidation sites excluding steroid dienone is 3. The Balaban J connectivity index is 1.42. The van der Waals surface area contributed by atoms with Gasteiger partial charge in [-0.25, -0.2) is 0 Å². The molecule has 5 rings (SSSR count). The van der Waals surface area contributed by atoms with Gasteiger partial charge in [-0.15, -0.1) is 0 Å². The van der Waals surface area contributed by atoms with Gasteiger partial charge in [-0.1, -0.05) is 65.9 Å². The Morgan fingerprint density at radius 2 is 1.85 bits per heavy atom. The van der Waals surface area contributed by atoms with Gasteiger partial charge in [-0.05, 0) is 55.2 Å². The summed E-state index contributed by atoms with van der Waals surface area (Å²) in [6, 6.07) is 25.3. The fourth-order valence-electron chi connectivity index (χ4n) is 5.06. The lowest BCUT2D eigenvalue weighted by atomic mass is 9.77. The first-order chi connectivity index (χ1) is 20.0. The molecule has 8 heteroatoms. The van der Waals surface area contributed by atoms with E-state index in [1.165, 1.54) is 11.8 Å². The summed E-state index contributed by atoms with van der Waals surface area (Å²) in [5, 5.41) is 17.2. The normalized spacial score (nSPS) is 16.4. The van der Waals surface area contributed by atoms with E-state index in [1.807, 2.05) is 79.7 Å². The van der Waals surface area contributed by atoms with E-state index >= 15 is 0 Å². The number of Topliss-reactive ketones (excluding diaryl/α,β-unsaturated/α-hetero) is 1. The molecule has 0 fully saturated rings. The van der Waals surface area contributed by atoms with Crippen LogP contribution in [0.15, 0.2) is 94.7 Å². The number of nitrogens with zero attached hydrogens (tertiary/aromatic N) is 1. The summed E-state index contributed by atoms with van der Waals surface area (Å²) < 4.78 is 11.7. The van der Waals surface area contributed by atoms with Crippen LogP contribution in [-0.4, -0.2) is 24.6 Å². The van der Waals surface area contributed by atoms with Crippen LogP contribution in [-0.2, 0) is 16.2 Å². The number of hydrogen-bond donors (Lipinski definition) is 2. The molecule has 1 heterocycles. The van der Waals surface area contributed by atoms with Crippen molar-refractivity contribution >= 4 is 29.1 Å². The fraction of sp³-hybridized carbons (Fsp3) is 0.242. The third-order valence-corrected chi connectivity index (χ3v) is 8.12. The summed E-state index contributed by atoms with van der Waals surface area (Å²) in [5.41, 5.74) is 5.45. The quantitative estimate of drug-likeness (QED) is 0.310. The van der Waals surface area contributed by atoms with Crippen molar-refractivity contribution in [1.29, 1.82) is 5.26 Å². The highest BCUT2D eigenvalue weighted by Gasteiger charge is 2.37. The van der Waals surface area contributed by atoms with Gasteiger partial charge in [0.25, 0.3) is 0 Å². The molecule has 0 spiro atoms. The lowest BCUT2D eigenvalue weighted by Gasteiger charge is -2.33. The van der Waals surface area contributed by atoms with Crippen LogP contribution >= 0.6 is 11.8 Å². The number of anilines is 1. The van der Waals surface area contributed by atoms with E-state index < -0.39 is 5.92 Å². The zero-order valence-corrected chi connectivity index (χ0v) is 23.8. The van der Waals surface area contributed by atoms with Gasteiger partial charge in [0, 0.05) is 23.4 Å². The van der Waals surface area contributed by atoms with Crippen molar-refractivity contribution in [2.24, 2.45) is 0 Å². The highest BCUT2D eigenvalue weighted by Crippen LogP contribution is 2.45. The molecule has 2 N–H and O–H groups in total. The number of ether oxygens (including phenoxy) is 2. The first kappa shape index (κ1) is 28.1. The first-order valence-corrected chi connectivity index (χ1v) is 14.5. The molecule has 1 aliphatic heterocycles. The van der Waals surface area contributed by atoms with Crippen LogP contribution in [0.25, 0.3) is 0 Å². The molecule has 0 bridgehead atoms. The van der Waals surface area contributed by atoms with Crippen LogP contribution < -0.4 is 20.1 Å². The molecule has 0 radical (unpaired) electrons. The molecule has 2 aliphatic rings. The monoisotopic (exact) mass is 565 g/mol. The number of ketones is 1. The van der Waals surface area contributed by atoms with Crippen LogP contribution in [0.2, 0.25) is 0 Å². The number of benzene rings is 3. The molecule has 7 nitrogen and oxygen atoms in total. The van der Waals surface area contributed by atoms with Crippen molar-refractivity contribution in [2.75, 3.05) is 18.2 Å². The van der Waals surface area contributed by atoms with E-state index in [1.54, 1.807) is 7.11 Å². The van der Waals surface area contributed by atoms with Gasteiger partial charge < -0.3 is 20.1 Å². The minimum atomic E-state index is -0.566. The van der Waals surface area contributed by atoms with Gasteiger partial charge in [0.05, 0.1) is 35.5 Å². The van der Waals surface area contributed by atoms with Crippen LogP contribution in [0.3, 0.4) is 0 Å². The van der Waals surface area contributed by atoms with Gasteiger partial charge in [0.15, 0.2) is 17.3 Å². The number of methoxy groups -OCH3 is 1. The summed E-state index contributed by atoms with van der Waals surface area (Å²) in [5.74, 6) is 0.489. The molecule has 41 heavy (non-hydrogen) atoms. The van der Waals surface area contributed by atoms with Crippen LogP contribution in [0.5, 0.6) is 11.5 Å². The Hall–Kier alpha value is -4.48. The summed E-state index contributed by atoms with van der Waals surface area (Å²) >= 11 is 1.27. The predicted molar refractivity (Wildman–Crippen MR) is 160 cm³/mol. The van der Waals surface area contributed by atoms with Gasteiger partial charge in [0.1, 0.15) is 6.61 Å². The maximum Gasteiger partial charge on any atom is 0.234 e. The molecule has 0 aromatic heterocycles. The molecule has 1 atom stereocenters. The van der Waals surface area contributed by atoms with Crippen molar-refractivity contribution in [3.8, 4) is 17.6 Å². The molecule has 3 aromatic carbocycles. The van der Waals surface area contributed by atoms with Gasteiger partial charge in [-0.3, -0.25) is 9.59 Å². The van der Waals surface area contributed by atoms with Gasteiger partial charge in [0.2, 0.25) is 5.91 Å². The average Bonchev–Trinajstić information content (AvgIpc) is 3.00. The van der Waals surface area contributed by atoms with Crippen molar-refractivity contribution in [2.45, 2.75) is 38.7 Å². The van der Waals surface area contributed by atoms with Crippen LogP contribution in [0, 0.1) is 18.3 Å². The smallest absolute Gasteiger partial charge is 0.234 e. The number of thioether (sulfide) groups is 1. The van der Waals surface area contributed by atoms with E-state index in [-0.39, 0.29) is 17.4 Å². The summed E-state index contributed by atoms with van der Waals surface area (Å²) in [4.78, 5) is 25.9. The molecule has 1 amide bonds. The molecule has 3 aromatic rings. The Morgan fingerprint density at radius 3 is 2.59 bits per heavy atom. The van der Waals surface area contributed by atoms with Gasteiger partial charge >= 0.3 is 0 Å². The molecule has 208 valence electrons. The minimum Gasteiger partial charge on any atom is -0.493 e. The lowest BCUT2D eigenvalue weighted by Crippen LogP contribution is -2.31. The summed E-state index contributed by atoms with van der Waals surface area (Å²) in [7, 11) is 1.57. The number of aryl methyl sites for hydroxylation is 1. The number of carbonyl (C=O) groups is 2. The van der Waals surface area contributed by atoms with Crippen molar-refractivity contribution in [1.82, 2.24) is 5.32 Å². The number of dihydropyridines is 1. The van der Waals surface area contributed by atoms with Crippen molar-refractivity contribution in [3.05, 3.63) is 111 Å². The molecule has 1 unspecified atom stereocenters. The first-order valence-electron chi connectivity index (χ1n) is 13.5. The number of nitriles is 1. The standard InChI is InChI=1S/C33H31N3O4S/c1-21-11-14-24(15-12-21)35-30(38)20-41-33-25(18-34)31(32-26(36-33)9-6-10-27(32)37)23-13-16-28(29(17-23)39-2)40-19-22-7-4-3-5-8-22/h3-5,7-8,11-17,31,36H,6,9-10,19-20H2,1-2H3,(H,35,38). The zero-order chi connectivity index (χ0) is 28.8. The second-order valence-electron chi connectivity index (χ2n) is 9.97. The second kappa shape index (κ2) is 12.8. The largest absolute Gasteiger partial charge is 0.493 e. The number of nitrogens with one attached hydrogen (secondary N) is 2. The molecule has 0 saturated heterocycles. The summed E-state index contributed by atoms with van der Waals surface area (Å²) in [6.45, 7) is 2.37. The Bertz CT molecular complexity index is 1560. The maximum atomic E-state index is 13.2. The predicted octanol–water partition coefficient (Wildman–Crippen LogP) is 6.38. The zero-order valence-electron chi connectivity index (χ0n) is 23.0. The lowest BCUT2D eigenvalue weighted by molar-refractivity contribution is -0.116. The molecular weight excluding hydrogens is 534 g/mol. The van der Waals surface area contributed by atoms with Crippen molar-refractivity contribution in [3.63, 3.8) is 0 Å². The minimum absolute atomic E-state index is 0.0287. The molecular formula is C33H31N3O4S. The van der Waals surface area contributed by atoms with Gasteiger partial charge in [-0.2, -0.15) is 5.26 Å². The SMILES string of the molecule is COc1cc(C2C(C#N)=C(SCC(=O)Nc3ccc(C)cc3)NC3=C2C(=O)CCC3)ccc1OCc1ccccc1. The van der Waals surface area contributed by atoms with Crippen LogP contribution in [0.1, 0.15) is 41.9 Å². The number of hydrogen-bond acceptors (Lipinski definition) is 7. The molecule has 1 aliphatic carbocycles. The Labute approximate surface area is 244 Å². The van der Waals surface area contributed by atoms with E-state index in [9.17, 15) is 14.9 Å². The Morgan fingerprint density at radius 1 is 1.07 bits per heavy atom. The average molecular weight is 566 g/mol. The third-order valence-electron chi connectivity index (χ3n) is 7.10. The molecule has 0 saturated carbocycles. The third kappa shape index (κ3) is 6.47. The summed E-state index contributed by atoms with van der Waals surface area (Å²) in [6.07, 6.45) is 1.87. The maximum absolute atomic E-state index is 13.2. The highest BCUT2D eigenvalue weighted by atomic mass is 32.2. The second-order valence-corrected chi connectivity index (χ2v) is 11.0. The Kier molecular flexibility index (Phi) is 8.76. The number of amides is 1. The van der Waals surface area contributed by atoms with Crippen LogP contribution in [0.4, 0.5) is 5.69 Å². The highest BCUT2D eigenvalue weighted by molar-refractivity contribution is 8.03.